The Morgan fingerprint density at radius 2 is 1.90 bits per heavy atom. The summed E-state index contributed by atoms with van der Waals surface area (Å²) in [7, 11) is 1.64. The summed E-state index contributed by atoms with van der Waals surface area (Å²) >= 11 is 1.52. The molecule has 148 valence electrons. The average Bonchev–Trinajstić information content (AvgIpc) is 3.16. The monoisotopic (exact) mass is 407 g/mol. The number of thioether (sulfide) groups is 1. The summed E-state index contributed by atoms with van der Waals surface area (Å²) in [4.78, 5) is 19.9. The number of benzene rings is 2. The summed E-state index contributed by atoms with van der Waals surface area (Å²) in [5.41, 5.74) is 1.53. The molecule has 0 aliphatic rings. The topological polar surface area (TPSA) is 85.7 Å². The second-order valence-corrected chi connectivity index (χ2v) is 7.82. The molecule has 4 aromatic rings. The van der Waals surface area contributed by atoms with Crippen molar-refractivity contribution in [1.82, 2.24) is 24.7 Å². The van der Waals surface area contributed by atoms with Crippen LogP contribution in [0.1, 0.15) is 24.9 Å². The van der Waals surface area contributed by atoms with Gasteiger partial charge in [0.15, 0.2) is 11.0 Å². The standard InChI is InChI=1S/C21H21N5O2S/c1-4-26-19(14-9-11-15(28-3)12-10-14)24-25-21(26)29-13(2)18-22-17-8-6-5-7-16(17)20(27)23-18/h5-13H,4H2,1-3H3,(H,22,23,27)/t13-/m1/s1. The van der Waals surface area contributed by atoms with Gasteiger partial charge in [0, 0.05) is 12.1 Å². The van der Waals surface area contributed by atoms with Crippen molar-refractivity contribution in [1.29, 1.82) is 0 Å². The first kappa shape index (κ1) is 19.2. The van der Waals surface area contributed by atoms with Crippen LogP contribution in [0.3, 0.4) is 0 Å². The van der Waals surface area contributed by atoms with Crippen molar-refractivity contribution in [3.63, 3.8) is 0 Å². The molecule has 0 radical (unpaired) electrons. The van der Waals surface area contributed by atoms with Crippen LogP contribution >= 0.6 is 11.8 Å². The maximum absolute atomic E-state index is 12.4. The molecule has 0 unspecified atom stereocenters. The van der Waals surface area contributed by atoms with Gasteiger partial charge in [-0.2, -0.15) is 0 Å². The van der Waals surface area contributed by atoms with Gasteiger partial charge in [0.2, 0.25) is 0 Å². The molecular formula is C21H21N5O2S. The highest BCUT2D eigenvalue weighted by Crippen LogP contribution is 2.34. The fourth-order valence-electron chi connectivity index (χ4n) is 3.13. The predicted octanol–water partition coefficient (Wildman–Crippen LogP) is 4.06. The number of para-hydroxylation sites is 1. The van der Waals surface area contributed by atoms with Crippen molar-refractivity contribution in [3.8, 4) is 17.1 Å². The zero-order chi connectivity index (χ0) is 20.4. The predicted molar refractivity (Wildman–Crippen MR) is 114 cm³/mol. The highest BCUT2D eigenvalue weighted by Gasteiger charge is 2.19. The van der Waals surface area contributed by atoms with Crippen LogP contribution in [-0.4, -0.2) is 31.8 Å². The Morgan fingerprint density at radius 3 is 2.62 bits per heavy atom. The van der Waals surface area contributed by atoms with Gasteiger partial charge in [-0.15, -0.1) is 10.2 Å². The molecule has 0 fully saturated rings. The Hall–Kier alpha value is -3.13. The molecule has 0 bridgehead atoms. The van der Waals surface area contributed by atoms with E-state index in [1.54, 1.807) is 13.2 Å². The lowest BCUT2D eigenvalue weighted by atomic mass is 10.2. The average molecular weight is 407 g/mol. The number of methoxy groups -OCH3 is 1. The lowest BCUT2D eigenvalue weighted by Crippen LogP contribution is -2.13. The molecule has 1 N–H and O–H groups in total. The first-order valence-corrected chi connectivity index (χ1v) is 10.2. The molecule has 2 heterocycles. The van der Waals surface area contributed by atoms with Crippen molar-refractivity contribution < 1.29 is 4.74 Å². The molecule has 0 saturated heterocycles. The van der Waals surface area contributed by atoms with E-state index < -0.39 is 0 Å². The largest absolute Gasteiger partial charge is 0.497 e. The van der Waals surface area contributed by atoms with E-state index in [4.69, 9.17) is 4.74 Å². The van der Waals surface area contributed by atoms with E-state index in [0.717, 1.165) is 28.8 Å². The van der Waals surface area contributed by atoms with Crippen LogP contribution in [0.15, 0.2) is 58.5 Å². The van der Waals surface area contributed by atoms with E-state index in [9.17, 15) is 4.79 Å². The van der Waals surface area contributed by atoms with Gasteiger partial charge >= 0.3 is 0 Å². The van der Waals surface area contributed by atoms with Crippen molar-refractivity contribution in [2.24, 2.45) is 0 Å². The SMILES string of the molecule is CCn1c(S[C@H](C)c2nc3ccccc3c(=O)[nH]2)nnc1-c1ccc(OC)cc1. The second kappa shape index (κ2) is 8.08. The number of aromatic amines is 1. The molecule has 0 saturated carbocycles. The lowest BCUT2D eigenvalue weighted by Gasteiger charge is -2.12. The smallest absolute Gasteiger partial charge is 0.258 e. The summed E-state index contributed by atoms with van der Waals surface area (Å²) in [6.07, 6.45) is 0. The quantitative estimate of drug-likeness (QED) is 0.485. The number of rotatable bonds is 6. The normalized spacial score (nSPS) is 12.2. The third-order valence-electron chi connectivity index (χ3n) is 4.68. The molecule has 0 spiro atoms. The molecule has 2 aromatic heterocycles. The Labute approximate surface area is 172 Å². The number of ether oxygens (including phenoxy) is 1. The van der Waals surface area contributed by atoms with Crippen LogP contribution in [0, 0.1) is 0 Å². The van der Waals surface area contributed by atoms with E-state index in [-0.39, 0.29) is 10.8 Å². The number of nitrogens with one attached hydrogen (secondary N) is 1. The molecule has 0 amide bonds. The Balaban J connectivity index is 1.64. The number of hydrogen-bond donors (Lipinski definition) is 1. The van der Waals surface area contributed by atoms with E-state index in [0.29, 0.717) is 16.7 Å². The van der Waals surface area contributed by atoms with Crippen molar-refractivity contribution in [2.75, 3.05) is 7.11 Å². The molecule has 1 atom stereocenters. The summed E-state index contributed by atoms with van der Waals surface area (Å²) in [6, 6.07) is 15.1. The second-order valence-electron chi connectivity index (χ2n) is 6.51. The van der Waals surface area contributed by atoms with Crippen molar-refractivity contribution >= 4 is 22.7 Å². The number of nitrogens with zero attached hydrogens (tertiary/aromatic N) is 4. The van der Waals surface area contributed by atoms with Gasteiger partial charge in [0.25, 0.3) is 5.56 Å². The third kappa shape index (κ3) is 3.75. The van der Waals surface area contributed by atoms with E-state index in [1.807, 2.05) is 49.4 Å². The summed E-state index contributed by atoms with van der Waals surface area (Å²) in [6.45, 7) is 4.78. The van der Waals surface area contributed by atoms with Gasteiger partial charge in [-0.05, 0) is 50.2 Å². The van der Waals surface area contributed by atoms with Gasteiger partial charge in [-0.25, -0.2) is 4.98 Å². The first-order valence-electron chi connectivity index (χ1n) is 9.34. The fraction of sp³-hybridized carbons (Fsp3) is 0.238. The van der Waals surface area contributed by atoms with Crippen molar-refractivity contribution in [2.45, 2.75) is 30.8 Å². The maximum atomic E-state index is 12.4. The summed E-state index contributed by atoms with van der Waals surface area (Å²) in [5.74, 6) is 2.21. The van der Waals surface area contributed by atoms with E-state index in [2.05, 4.69) is 31.7 Å². The minimum atomic E-state index is -0.131. The molecule has 4 rings (SSSR count). The first-order chi connectivity index (χ1) is 14.1. The third-order valence-corrected chi connectivity index (χ3v) is 5.77. The molecular weight excluding hydrogens is 386 g/mol. The molecule has 7 nitrogen and oxygen atoms in total. The Kier molecular flexibility index (Phi) is 5.35. The number of aromatic nitrogens is 5. The van der Waals surface area contributed by atoms with Gasteiger partial charge in [-0.1, -0.05) is 23.9 Å². The maximum Gasteiger partial charge on any atom is 0.258 e. The highest BCUT2D eigenvalue weighted by atomic mass is 32.2. The van der Waals surface area contributed by atoms with Crippen LogP contribution in [0.4, 0.5) is 0 Å². The van der Waals surface area contributed by atoms with Crippen molar-refractivity contribution in [3.05, 3.63) is 64.7 Å². The van der Waals surface area contributed by atoms with Crippen LogP contribution in [-0.2, 0) is 6.54 Å². The van der Waals surface area contributed by atoms with E-state index >= 15 is 0 Å². The summed E-state index contributed by atoms with van der Waals surface area (Å²) < 4.78 is 7.28. The number of fused-ring (bicyclic) bond motifs is 1. The minimum Gasteiger partial charge on any atom is -0.497 e. The molecule has 0 aliphatic heterocycles. The lowest BCUT2D eigenvalue weighted by molar-refractivity contribution is 0.415. The van der Waals surface area contributed by atoms with Gasteiger partial charge in [0.05, 0.1) is 23.3 Å². The number of H-pyrrole nitrogens is 1. The van der Waals surface area contributed by atoms with Gasteiger partial charge in [-0.3, -0.25) is 4.79 Å². The van der Waals surface area contributed by atoms with Crippen LogP contribution in [0.5, 0.6) is 5.75 Å². The fourth-order valence-corrected chi connectivity index (χ4v) is 4.10. The summed E-state index contributed by atoms with van der Waals surface area (Å²) in [5, 5.41) is 10.0. The van der Waals surface area contributed by atoms with E-state index in [1.165, 1.54) is 11.8 Å². The molecule has 2 aromatic carbocycles. The molecule has 29 heavy (non-hydrogen) atoms. The Bertz CT molecular complexity index is 1200. The highest BCUT2D eigenvalue weighted by molar-refractivity contribution is 7.99. The zero-order valence-electron chi connectivity index (χ0n) is 16.4. The van der Waals surface area contributed by atoms with Crippen LogP contribution < -0.4 is 10.3 Å². The zero-order valence-corrected chi connectivity index (χ0v) is 17.2. The minimum absolute atomic E-state index is 0.0921. The van der Waals surface area contributed by atoms with Crippen LogP contribution in [0.2, 0.25) is 0 Å². The Morgan fingerprint density at radius 1 is 1.14 bits per heavy atom. The molecule has 8 heteroatoms. The number of hydrogen-bond acceptors (Lipinski definition) is 6. The van der Waals surface area contributed by atoms with Crippen LogP contribution in [0.25, 0.3) is 22.3 Å². The van der Waals surface area contributed by atoms with Gasteiger partial charge < -0.3 is 14.3 Å². The van der Waals surface area contributed by atoms with Gasteiger partial charge in [0.1, 0.15) is 11.6 Å². The molecule has 0 aliphatic carbocycles.